The molecule has 10 heteroatoms. The Labute approximate surface area is 167 Å². The van der Waals surface area contributed by atoms with E-state index in [1.807, 2.05) is 13.0 Å². The molecule has 29 heavy (non-hydrogen) atoms. The third-order valence-corrected chi connectivity index (χ3v) is 5.43. The number of rotatable bonds is 7. The number of H-pyrrole nitrogens is 1. The Kier molecular flexibility index (Phi) is 6.01. The zero-order valence-electron chi connectivity index (χ0n) is 15.5. The van der Waals surface area contributed by atoms with E-state index in [0.29, 0.717) is 22.9 Å². The molecule has 1 aromatic heterocycles. The number of nitrogens with zero attached hydrogens (tertiary/aromatic N) is 3. The van der Waals surface area contributed by atoms with Crippen molar-refractivity contribution in [3.8, 4) is 17.5 Å². The van der Waals surface area contributed by atoms with Crippen LogP contribution in [0.15, 0.2) is 53.4 Å². The van der Waals surface area contributed by atoms with E-state index >= 15 is 0 Å². The van der Waals surface area contributed by atoms with Gasteiger partial charge in [0.25, 0.3) is 5.91 Å². The van der Waals surface area contributed by atoms with Gasteiger partial charge in [0.2, 0.25) is 10.0 Å². The van der Waals surface area contributed by atoms with Gasteiger partial charge in [0.15, 0.2) is 5.82 Å². The lowest BCUT2D eigenvalue weighted by Gasteiger charge is -2.08. The number of carbonyl (C=O) groups is 1. The van der Waals surface area contributed by atoms with Gasteiger partial charge in [-0.25, -0.2) is 18.1 Å². The number of hydrogen-bond acceptors (Lipinski definition) is 6. The van der Waals surface area contributed by atoms with Crippen LogP contribution in [-0.4, -0.2) is 36.1 Å². The molecule has 0 fully saturated rings. The molecule has 0 aliphatic rings. The molecule has 0 aliphatic carbocycles. The number of aryl methyl sites for hydroxylation is 1. The van der Waals surface area contributed by atoms with Crippen LogP contribution < -0.4 is 10.0 Å². The minimum atomic E-state index is -3.71. The van der Waals surface area contributed by atoms with Crippen LogP contribution in [0.25, 0.3) is 11.4 Å². The van der Waals surface area contributed by atoms with Crippen molar-refractivity contribution in [1.29, 1.82) is 5.26 Å². The third kappa shape index (κ3) is 5.04. The quantitative estimate of drug-likeness (QED) is 0.510. The average molecular weight is 410 g/mol. The van der Waals surface area contributed by atoms with Crippen LogP contribution in [0.4, 0.5) is 5.69 Å². The van der Waals surface area contributed by atoms with Gasteiger partial charge in [0.05, 0.1) is 11.0 Å². The van der Waals surface area contributed by atoms with Gasteiger partial charge in [-0.3, -0.25) is 9.89 Å². The van der Waals surface area contributed by atoms with E-state index in [1.165, 1.54) is 24.3 Å². The molecule has 0 unspecified atom stereocenters. The number of amides is 1. The van der Waals surface area contributed by atoms with Crippen molar-refractivity contribution >= 4 is 21.6 Å². The highest BCUT2D eigenvalue weighted by Gasteiger charge is 2.14. The molecule has 0 saturated heterocycles. The van der Waals surface area contributed by atoms with Crippen LogP contribution in [0.2, 0.25) is 0 Å². The second-order valence-corrected chi connectivity index (χ2v) is 7.87. The van der Waals surface area contributed by atoms with Gasteiger partial charge < -0.3 is 5.32 Å². The molecule has 0 saturated carbocycles. The molecule has 148 valence electrons. The van der Waals surface area contributed by atoms with Crippen LogP contribution >= 0.6 is 0 Å². The van der Waals surface area contributed by atoms with Gasteiger partial charge in [-0.15, -0.1) is 0 Å². The van der Waals surface area contributed by atoms with Crippen LogP contribution in [0.3, 0.4) is 0 Å². The van der Waals surface area contributed by atoms with Crippen LogP contribution in [0.1, 0.15) is 22.6 Å². The second-order valence-electron chi connectivity index (χ2n) is 6.11. The van der Waals surface area contributed by atoms with E-state index in [2.05, 4.69) is 25.2 Å². The van der Waals surface area contributed by atoms with Crippen molar-refractivity contribution in [1.82, 2.24) is 19.9 Å². The Morgan fingerprint density at radius 2 is 1.83 bits per heavy atom. The Balaban J connectivity index is 1.66. The maximum absolute atomic E-state index is 12.4. The Morgan fingerprint density at radius 3 is 2.41 bits per heavy atom. The first-order chi connectivity index (χ1) is 13.9. The highest BCUT2D eigenvalue weighted by molar-refractivity contribution is 7.89. The summed E-state index contributed by atoms with van der Waals surface area (Å²) in [6.07, 6.45) is 0.0777. The summed E-state index contributed by atoms with van der Waals surface area (Å²) >= 11 is 0. The van der Waals surface area contributed by atoms with E-state index < -0.39 is 10.0 Å². The van der Waals surface area contributed by atoms with Gasteiger partial charge in [-0.1, -0.05) is 0 Å². The molecule has 2 aromatic carbocycles. The van der Waals surface area contributed by atoms with Crippen molar-refractivity contribution in [3.05, 3.63) is 59.9 Å². The van der Waals surface area contributed by atoms with E-state index in [-0.39, 0.29) is 23.8 Å². The standard InChI is InChI=1S/C19H18N6O3S/c1-13-22-18(25-24-13)14-3-7-16(8-4-14)23-19(26)15-5-9-17(10-6-15)29(27,28)21-12-2-11-20/h3-10,21H,2,12H2,1H3,(H,23,26)(H,22,24,25). The summed E-state index contributed by atoms with van der Waals surface area (Å²) in [4.78, 5) is 16.7. The average Bonchev–Trinajstić information content (AvgIpc) is 3.15. The molecule has 0 atom stereocenters. The minimum absolute atomic E-state index is 0.0261. The molecule has 9 nitrogen and oxygen atoms in total. The van der Waals surface area contributed by atoms with Crippen LogP contribution in [-0.2, 0) is 10.0 Å². The smallest absolute Gasteiger partial charge is 0.255 e. The summed E-state index contributed by atoms with van der Waals surface area (Å²) < 4.78 is 26.5. The first-order valence-corrected chi connectivity index (χ1v) is 10.1. The van der Waals surface area contributed by atoms with Crippen molar-refractivity contribution < 1.29 is 13.2 Å². The van der Waals surface area contributed by atoms with Gasteiger partial charge in [0.1, 0.15) is 5.82 Å². The maximum Gasteiger partial charge on any atom is 0.255 e. The first kappa shape index (κ1) is 20.2. The second kappa shape index (κ2) is 8.64. The lowest BCUT2D eigenvalue weighted by Crippen LogP contribution is -2.24. The zero-order valence-corrected chi connectivity index (χ0v) is 16.3. The molecule has 0 radical (unpaired) electrons. The summed E-state index contributed by atoms with van der Waals surface area (Å²) in [6.45, 7) is 1.84. The summed E-state index contributed by atoms with van der Waals surface area (Å²) in [5.41, 5.74) is 1.71. The maximum atomic E-state index is 12.4. The molecule has 0 spiro atoms. The fraction of sp³-hybridized carbons (Fsp3) is 0.158. The van der Waals surface area contributed by atoms with Gasteiger partial charge in [-0.2, -0.15) is 10.4 Å². The van der Waals surface area contributed by atoms with E-state index in [1.54, 1.807) is 24.3 Å². The number of nitrogens with one attached hydrogen (secondary N) is 3. The highest BCUT2D eigenvalue weighted by Crippen LogP contribution is 2.19. The van der Waals surface area contributed by atoms with Gasteiger partial charge >= 0.3 is 0 Å². The molecule has 0 bridgehead atoms. The predicted molar refractivity (Wildman–Crippen MR) is 106 cm³/mol. The number of aromatic amines is 1. The van der Waals surface area contributed by atoms with E-state index in [4.69, 9.17) is 5.26 Å². The SMILES string of the molecule is Cc1nc(-c2ccc(NC(=O)c3ccc(S(=O)(=O)NCCC#N)cc3)cc2)n[nH]1. The number of aromatic nitrogens is 3. The molecular formula is C19H18N6O3S. The largest absolute Gasteiger partial charge is 0.322 e. The molecule has 0 aliphatic heterocycles. The van der Waals surface area contributed by atoms with Crippen LogP contribution in [0, 0.1) is 18.3 Å². The number of benzene rings is 2. The number of carbonyl (C=O) groups excluding carboxylic acids is 1. The molecule has 1 amide bonds. The number of anilines is 1. The lowest BCUT2D eigenvalue weighted by atomic mass is 10.1. The normalized spacial score (nSPS) is 11.0. The first-order valence-electron chi connectivity index (χ1n) is 8.66. The van der Waals surface area contributed by atoms with Gasteiger partial charge in [0, 0.05) is 29.8 Å². The molecule has 3 N–H and O–H groups in total. The van der Waals surface area contributed by atoms with Crippen LogP contribution in [0.5, 0.6) is 0 Å². The highest BCUT2D eigenvalue weighted by atomic mass is 32.2. The lowest BCUT2D eigenvalue weighted by molar-refractivity contribution is 0.102. The van der Waals surface area contributed by atoms with Crippen molar-refractivity contribution in [2.45, 2.75) is 18.2 Å². The summed E-state index contributed by atoms with van der Waals surface area (Å²) in [5.74, 6) is 0.913. The predicted octanol–water partition coefficient (Wildman–Crippen LogP) is 2.22. The van der Waals surface area contributed by atoms with Crippen molar-refractivity contribution in [2.24, 2.45) is 0 Å². The summed E-state index contributed by atoms with van der Waals surface area (Å²) in [5, 5.41) is 18.1. The molecule has 3 rings (SSSR count). The number of sulfonamides is 1. The van der Waals surface area contributed by atoms with E-state index in [9.17, 15) is 13.2 Å². The molecular weight excluding hydrogens is 392 g/mol. The topological polar surface area (TPSA) is 141 Å². The summed E-state index contributed by atoms with van der Waals surface area (Å²) in [7, 11) is -3.71. The Morgan fingerprint density at radius 1 is 1.14 bits per heavy atom. The van der Waals surface area contributed by atoms with Crippen molar-refractivity contribution in [2.75, 3.05) is 11.9 Å². The number of hydrogen-bond donors (Lipinski definition) is 3. The number of nitriles is 1. The Hall–Kier alpha value is -3.55. The molecule has 3 aromatic rings. The zero-order chi connectivity index (χ0) is 20.9. The fourth-order valence-electron chi connectivity index (χ4n) is 2.49. The van der Waals surface area contributed by atoms with Crippen molar-refractivity contribution in [3.63, 3.8) is 0 Å². The summed E-state index contributed by atoms with van der Waals surface area (Å²) in [6, 6.07) is 14.5. The minimum Gasteiger partial charge on any atom is -0.322 e. The fourth-order valence-corrected chi connectivity index (χ4v) is 3.52. The van der Waals surface area contributed by atoms with E-state index in [0.717, 1.165) is 5.56 Å². The third-order valence-electron chi connectivity index (χ3n) is 3.95. The van der Waals surface area contributed by atoms with Gasteiger partial charge in [-0.05, 0) is 55.5 Å². The molecule has 1 heterocycles. The monoisotopic (exact) mass is 410 g/mol. The Bertz CT molecular complexity index is 1150.